The summed E-state index contributed by atoms with van der Waals surface area (Å²) in [5.74, 6) is 1.04. The van der Waals surface area contributed by atoms with Crippen molar-refractivity contribution in [3.63, 3.8) is 0 Å². The lowest BCUT2D eigenvalue weighted by Gasteiger charge is -2.32. The van der Waals surface area contributed by atoms with E-state index in [1.807, 2.05) is 29.2 Å². The molecule has 0 bridgehead atoms. The van der Waals surface area contributed by atoms with E-state index in [0.29, 0.717) is 19.6 Å². The third-order valence-electron chi connectivity index (χ3n) is 4.10. The highest BCUT2D eigenvalue weighted by atomic mass is 79.9. The van der Waals surface area contributed by atoms with E-state index in [2.05, 4.69) is 15.9 Å². The van der Waals surface area contributed by atoms with Crippen molar-refractivity contribution in [1.82, 2.24) is 4.90 Å². The fraction of sp³-hybridized carbons (Fsp3) is 0.611. The van der Waals surface area contributed by atoms with Gasteiger partial charge in [-0.3, -0.25) is 4.79 Å². The number of halogens is 2. The Balaban J connectivity index is 0.00000312. The van der Waals surface area contributed by atoms with Crippen LogP contribution in [0.1, 0.15) is 32.1 Å². The summed E-state index contributed by atoms with van der Waals surface area (Å²) < 4.78 is 12.4. The Morgan fingerprint density at radius 3 is 2.68 bits per heavy atom. The molecule has 1 aromatic rings. The van der Waals surface area contributed by atoms with Gasteiger partial charge in [-0.05, 0) is 50.4 Å². The summed E-state index contributed by atoms with van der Waals surface area (Å²) in [4.78, 5) is 14.2. The molecule has 1 saturated heterocycles. The van der Waals surface area contributed by atoms with Crippen molar-refractivity contribution in [1.29, 1.82) is 0 Å². The van der Waals surface area contributed by atoms with Crippen molar-refractivity contribution in [3.05, 3.63) is 28.7 Å². The Hall–Kier alpha value is -0.820. The number of nitrogens with two attached hydrogens (primary N) is 1. The van der Waals surface area contributed by atoms with Crippen LogP contribution in [0.4, 0.5) is 0 Å². The van der Waals surface area contributed by atoms with Crippen molar-refractivity contribution in [2.45, 2.75) is 38.2 Å². The van der Waals surface area contributed by atoms with Crippen LogP contribution in [0.15, 0.2) is 28.7 Å². The standard InChI is InChI=1S/C18H27BrN2O3.ClH/c19-15-4-1-5-17(14-15)24-12-2-6-18(22)21-10-7-16(8-11-21)23-13-3-9-20;/h1,4-5,14,16H,2-3,6-13,20H2;1H. The number of hydrogen-bond acceptors (Lipinski definition) is 4. The first kappa shape index (κ1) is 22.2. The largest absolute Gasteiger partial charge is 0.494 e. The van der Waals surface area contributed by atoms with E-state index >= 15 is 0 Å². The van der Waals surface area contributed by atoms with Crippen LogP contribution in [0.5, 0.6) is 5.75 Å². The molecular formula is C18H28BrClN2O3. The van der Waals surface area contributed by atoms with Gasteiger partial charge in [0.15, 0.2) is 0 Å². The van der Waals surface area contributed by atoms with Gasteiger partial charge in [-0.2, -0.15) is 0 Å². The van der Waals surface area contributed by atoms with Gasteiger partial charge in [-0.15, -0.1) is 12.4 Å². The summed E-state index contributed by atoms with van der Waals surface area (Å²) in [7, 11) is 0. The smallest absolute Gasteiger partial charge is 0.222 e. The molecule has 0 radical (unpaired) electrons. The lowest BCUT2D eigenvalue weighted by atomic mass is 10.1. The molecule has 0 aromatic heterocycles. The maximum absolute atomic E-state index is 12.2. The van der Waals surface area contributed by atoms with Crippen LogP contribution in [0.25, 0.3) is 0 Å². The normalized spacial score (nSPS) is 14.9. The third kappa shape index (κ3) is 8.40. The van der Waals surface area contributed by atoms with Crippen LogP contribution in [0.2, 0.25) is 0 Å². The molecule has 1 fully saturated rings. The molecule has 0 spiro atoms. The molecule has 1 aliphatic rings. The minimum Gasteiger partial charge on any atom is -0.494 e. The number of hydrogen-bond donors (Lipinski definition) is 1. The molecule has 2 rings (SSSR count). The average Bonchev–Trinajstić information content (AvgIpc) is 2.59. The molecule has 0 atom stereocenters. The lowest BCUT2D eigenvalue weighted by molar-refractivity contribution is -0.134. The minimum absolute atomic E-state index is 0. The molecule has 1 aliphatic heterocycles. The highest BCUT2D eigenvalue weighted by molar-refractivity contribution is 9.10. The number of carbonyl (C=O) groups is 1. The highest BCUT2D eigenvalue weighted by Crippen LogP contribution is 2.18. The Morgan fingerprint density at radius 2 is 2.00 bits per heavy atom. The molecule has 2 N–H and O–H groups in total. The number of benzene rings is 1. The zero-order chi connectivity index (χ0) is 17.2. The molecule has 0 saturated carbocycles. The third-order valence-corrected chi connectivity index (χ3v) is 4.59. The number of rotatable bonds is 9. The molecule has 0 unspecified atom stereocenters. The zero-order valence-corrected chi connectivity index (χ0v) is 16.9. The molecule has 142 valence electrons. The Labute approximate surface area is 164 Å². The van der Waals surface area contributed by atoms with Crippen LogP contribution in [-0.4, -0.2) is 49.8 Å². The molecule has 7 heteroatoms. The Kier molecular flexibility index (Phi) is 11.1. The maximum atomic E-state index is 12.2. The van der Waals surface area contributed by atoms with Crippen LogP contribution in [-0.2, 0) is 9.53 Å². The topological polar surface area (TPSA) is 64.8 Å². The van der Waals surface area contributed by atoms with Crippen molar-refractivity contribution < 1.29 is 14.3 Å². The quantitative estimate of drug-likeness (QED) is 0.604. The molecule has 25 heavy (non-hydrogen) atoms. The van der Waals surface area contributed by atoms with Crippen LogP contribution >= 0.6 is 28.3 Å². The number of nitrogens with zero attached hydrogens (tertiary/aromatic N) is 1. The van der Waals surface area contributed by atoms with Crippen molar-refractivity contribution in [2.24, 2.45) is 5.73 Å². The van der Waals surface area contributed by atoms with Gasteiger partial charge in [0.1, 0.15) is 5.75 Å². The van der Waals surface area contributed by atoms with Gasteiger partial charge in [0, 0.05) is 30.6 Å². The molecular weight excluding hydrogens is 408 g/mol. The van der Waals surface area contributed by atoms with E-state index in [0.717, 1.165) is 55.6 Å². The second-order valence-corrected chi connectivity index (χ2v) is 6.92. The number of likely N-dealkylation sites (tertiary alicyclic amines) is 1. The molecule has 1 heterocycles. The van der Waals surface area contributed by atoms with E-state index < -0.39 is 0 Å². The minimum atomic E-state index is 0. The van der Waals surface area contributed by atoms with Crippen LogP contribution in [0.3, 0.4) is 0 Å². The van der Waals surface area contributed by atoms with Crippen LogP contribution < -0.4 is 10.5 Å². The monoisotopic (exact) mass is 434 g/mol. The lowest BCUT2D eigenvalue weighted by Crippen LogP contribution is -2.41. The molecule has 1 aromatic carbocycles. The second-order valence-electron chi connectivity index (χ2n) is 6.00. The van der Waals surface area contributed by atoms with Crippen molar-refractivity contribution >= 4 is 34.2 Å². The predicted molar refractivity (Wildman–Crippen MR) is 105 cm³/mol. The summed E-state index contributed by atoms with van der Waals surface area (Å²) in [5, 5.41) is 0. The zero-order valence-electron chi connectivity index (χ0n) is 14.5. The Morgan fingerprint density at radius 1 is 1.24 bits per heavy atom. The van der Waals surface area contributed by atoms with Crippen molar-refractivity contribution in [3.8, 4) is 5.75 Å². The predicted octanol–water partition coefficient (Wildman–Crippen LogP) is 3.39. The van der Waals surface area contributed by atoms with Crippen LogP contribution in [0, 0.1) is 0 Å². The van der Waals surface area contributed by atoms with Gasteiger partial charge < -0.3 is 20.1 Å². The van der Waals surface area contributed by atoms with E-state index in [1.54, 1.807) is 0 Å². The van der Waals surface area contributed by atoms with Gasteiger partial charge >= 0.3 is 0 Å². The summed E-state index contributed by atoms with van der Waals surface area (Å²) in [5.41, 5.74) is 5.46. The van der Waals surface area contributed by atoms with Crippen molar-refractivity contribution in [2.75, 3.05) is 32.8 Å². The average molecular weight is 436 g/mol. The van der Waals surface area contributed by atoms with Gasteiger partial charge in [0.25, 0.3) is 0 Å². The van der Waals surface area contributed by atoms with Gasteiger partial charge in [0.2, 0.25) is 5.91 Å². The van der Waals surface area contributed by atoms with E-state index in [1.165, 1.54) is 0 Å². The fourth-order valence-electron chi connectivity index (χ4n) is 2.73. The summed E-state index contributed by atoms with van der Waals surface area (Å²) >= 11 is 3.41. The first-order valence-electron chi connectivity index (χ1n) is 8.67. The molecule has 5 nitrogen and oxygen atoms in total. The van der Waals surface area contributed by atoms with E-state index in [9.17, 15) is 4.79 Å². The van der Waals surface area contributed by atoms with Gasteiger partial charge in [0.05, 0.1) is 12.7 Å². The molecule has 1 amide bonds. The number of amides is 1. The number of piperidine rings is 1. The fourth-order valence-corrected chi connectivity index (χ4v) is 3.11. The summed E-state index contributed by atoms with van der Waals surface area (Å²) in [6, 6.07) is 7.74. The Bertz CT molecular complexity index is 511. The summed E-state index contributed by atoms with van der Waals surface area (Å²) in [6.45, 7) is 3.53. The first-order valence-corrected chi connectivity index (χ1v) is 9.46. The van der Waals surface area contributed by atoms with E-state index in [4.69, 9.17) is 15.2 Å². The number of carbonyl (C=O) groups excluding carboxylic acids is 1. The maximum Gasteiger partial charge on any atom is 0.222 e. The SMILES string of the molecule is Cl.NCCCOC1CCN(C(=O)CCCOc2cccc(Br)c2)CC1. The molecule has 0 aliphatic carbocycles. The summed E-state index contributed by atoms with van der Waals surface area (Å²) in [6.07, 6.45) is 4.29. The van der Waals surface area contributed by atoms with Gasteiger partial charge in [-0.25, -0.2) is 0 Å². The van der Waals surface area contributed by atoms with E-state index in [-0.39, 0.29) is 24.4 Å². The van der Waals surface area contributed by atoms with Gasteiger partial charge in [-0.1, -0.05) is 22.0 Å². The highest BCUT2D eigenvalue weighted by Gasteiger charge is 2.22. The number of ether oxygens (including phenoxy) is 2. The first-order chi connectivity index (χ1) is 11.7. The second kappa shape index (κ2) is 12.5.